The Balaban J connectivity index is 1.30. The lowest BCUT2D eigenvalue weighted by Gasteiger charge is -2.14. The lowest BCUT2D eigenvalue weighted by atomic mass is 10.0. The number of carbonyl (C=O) groups is 2. The number of aromatic nitrogens is 1. The molecular formula is C32H20ClN5O2S. The first kappa shape index (κ1) is 25.1. The van der Waals surface area contributed by atoms with Crippen LogP contribution >= 0.6 is 23.4 Å². The van der Waals surface area contributed by atoms with Crippen LogP contribution in [0.5, 0.6) is 0 Å². The van der Waals surface area contributed by atoms with Crippen molar-refractivity contribution < 1.29 is 9.59 Å². The summed E-state index contributed by atoms with van der Waals surface area (Å²) in [6, 6.07) is 32.5. The summed E-state index contributed by atoms with van der Waals surface area (Å²) in [6.07, 6.45) is 1.87. The summed E-state index contributed by atoms with van der Waals surface area (Å²) >= 11 is 7.37. The molecule has 0 saturated carbocycles. The number of rotatable bonds is 4. The van der Waals surface area contributed by atoms with E-state index in [1.165, 1.54) is 16.7 Å². The quantitative estimate of drug-likeness (QED) is 0.174. The number of amidine groups is 1. The largest absolute Gasteiger partial charge is 0.355 e. The van der Waals surface area contributed by atoms with Gasteiger partial charge in [0, 0.05) is 32.7 Å². The summed E-state index contributed by atoms with van der Waals surface area (Å²) in [6.45, 7) is 0. The minimum absolute atomic E-state index is 0.137. The van der Waals surface area contributed by atoms with Crippen LogP contribution in [0.1, 0.15) is 11.1 Å². The van der Waals surface area contributed by atoms with E-state index < -0.39 is 0 Å². The van der Waals surface area contributed by atoms with E-state index >= 15 is 0 Å². The molecule has 2 N–H and O–H groups in total. The van der Waals surface area contributed by atoms with E-state index in [4.69, 9.17) is 11.6 Å². The maximum absolute atomic E-state index is 13.8. The Hall–Kier alpha value is -4.92. The van der Waals surface area contributed by atoms with Gasteiger partial charge in [-0.1, -0.05) is 72.3 Å². The monoisotopic (exact) mass is 573 g/mol. The van der Waals surface area contributed by atoms with Crippen molar-refractivity contribution in [3.63, 3.8) is 0 Å². The van der Waals surface area contributed by atoms with Crippen LogP contribution < -0.4 is 10.2 Å². The Morgan fingerprint density at radius 1 is 0.805 bits per heavy atom. The minimum Gasteiger partial charge on any atom is -0.355 e. The number of hydrogen-bond acceptors (Lipinski definition) is 5. The lowest BCUT2D eigenvalue weighted by Crippen LogP contribution is -2.28. The summed E-state index contributed by atoms with van der Waals surface area (Å²) in [5, 5.41) is 13.4. The number of amides is 2. The number of halogens is 1. The van der Waals surface area contributed by atoms with Gasteiger partial charge in [0.25, 0.3) is 11.8 Å². The van der Waals surface area contributed by atoms with E-state index in [-0.39, 0.29) is 17.5 Å². The number of para-hydroxylation sites is 2. The molecule has 4 aromatic carbocycles. The average Bonchev–Trinajstić information content (AvgIpc) is 3.65. The van der Waals surface area contributed by atoms with Crippen molar-refractivity contribution in [1.82, 2.24) is 4.98 Å². The van der Waals surface area contributed by atoms with Crippen LogP contribution in [0, 0.1) is 0 Å². The van der Waals surface area contributed by atoms with Crippen molar-refractivity contribution in [3.8, 4) is 11.3 Å². The first-order valence-corrected chi connectivity index (χ1v) is 14.0. The van der Waals surface area contributed by atoms with Gasteiger partial charge >= 0.3 is 0 Å². The standard InChI is InChI=1S/C32H20ClN5O2S/c33-21-14-15-26-24(18-21)29(30(39)35-26)36-37-32-38(22-10-2-1-3-11-22)31(40)28(41-32)17-19-8-4-6-12-23(19)27-16-20-9-5-7-13-25(20)34-27/h1-18,34H,(H,35,36,39). The molecule has 7 rings (SSSR count). The molecule has 0 spiro atoms. The molecule has 0 bridgehead atoms. The first-order valence-electron chi connectivity index (χ1n) is 12.8. The van der Waals surface area contributed by atoms with Crippen LogP contribution in [-0.4, -0.2) is 27.7 Å². The topological polar surface area (TPSA) is 89.9 Å². The molecule has 1 aromatic heterocycles. The first-order chi connectivity index (χ1) is 20.0. The van der Waals surface area contributed by atoms with E-state index in [1.807, 2.05) is 78.9 Å². The van der Waals surface area contributed by atoms with Crippen LogP contribution in [-0.2, 0) is 9.59 Å². The molecule has 41 heavy (non-hydrogen) atoms. The number of anilines is 2. The lowest BCUT2D eigenvalue weighted by molar-refractivity contribution is -0.113. The maximum atomic E-state index is 13.8. The summed E-state index contributed by atoms with van der Waals surface area (Å²) in [4.78, 5) is 31.9. The van der Waals surface area contributed by atoms with Crippen LogP contribution in [0.25, 0.3) is 28.2 Å². The van der Waals surface area contributed by atoms with Crippen molar-refractivity contribution >= 4 is 74.4 Å². The predicted octanol–water partition coefficient (Wildman–Crippen LogP) is 7.32. The van der Waals surface area contributed by atoms with Crippen molar-refractivity contribution in [2.75, 3.05) is 10.2 Å². The highest BCUT2D eigenvalue weighted by Crippen LogP contribution is 2.38. The number of thioether (sulfide) groups is 1. The maximum Gasteiger partial charge on any atom is 0.276 e. The third-order valence-corrected chi connectivity index (χ3v) is 8.02. The highest BCUT2D eigenvalue weighted by molar-refractivity contribution is 8.19. The van der Waals surface area contributed by atoms with Gasteiger partial charge in [-0.3, -0.25) is 14.5 Å². The molecule has 0 aliphatic carbocycles. The molecule has 1 saturated heterocycles. The van der Waals surface area contributed by atoms with Crippen LogP contribution in [0.15, 0.2) is 118 Å². The smallest absolute Gasteiger partial charge is 0.276 e. The summed E-state index contributed by atoms with van der Waals surface area (Å²) in [5.74, 6) is -0.610. The Kier molecular flexibility index (Phi) is 6.26. The van der Waals surface area contributed by atoms with E-state index in [1.54, 1.807) is 18.2 Å². The van der Waals surface area contributed by atoms with Crippen LogP contribution in [0.2, 0.25) is 5.02 Å². The van der Waals surface area contributed by atoms with E-state index in [0.717, 1.165) is 27.7 Å². The second-order valence-corrected chi connectivity index (χ2v) is 10.9. The molecule has 0 radical (unpaired) electrons. The number of nitrogens with one attached hydrogen (secondary N) is 2. The van der Waals surface area contributed by atoms with Gasteiger partial charge in [-0.15, -0.1) is 10.2 Å². The molecule has 198 valence electrons. The molecule has 1 fully saturated rings. The fraction of sp³-hybridized carbons (Fsp3) is 0. The zero-order valence-electron chi connectivity index (χ0n) is 21.3. The summed E-state index contributed by atoms with van der Waals surface area (Å²) in [5.41, 5.74) is 5.82. The fourth-order valence-electron chi connectivity index (χ4n) is 4.89. The van der Waals surface area contributed by atoms with Gasteiger partial charge in [-0.05, 0) is 65.9 Å². The summed E-state index contributed by atoms with van der Waals surface area (Å²) < 4.78 is 0. The highest BCUT2D eigenvalue weighted by Gasteiger charge is 2.35. The normalized spacial score (nSPS) is 17.7. The number of fused-ring (bicyclic) bond motifs is 2. The number of H-pyrrole nitrogens is 1. The number of carbonyl (C=O) groups excluding carboxylic acids is 2. The van der Waals surface area contributed by atoms with Crippen molar-refractivity contribution in [3.05, 3.63) is 124 Å². The fourth-order valence-corrected chi connectivity index (χ4v) is 5.99. The molecule has 2 amide bonds. The molecule has 9 heteroatoms. The molecule has 2 aliphatic rings. The Labute approximate surface area is 244 Å². The second-order valence-electron chi connectivity index (χ2n) is 9.42. The van der Waals surface area contributed by atoms with Gasteiger partial charge < -0.3 is 10.3 Å². The number of aromatic amines is 1. The average molecular weight is 574 g/mol. The van der Waals surface area contributed by atoms with Gasteiger partial charge in [0.05, 0.1) is 16.3 Å². The molecule has 7 nitrogen and oxygen atoms in total. The molecular weight excluding hydrogens is 554 g/mol. The van der Waals surface area contributed by atoms with E-state index in [2.05, 4.69) is 32.6 Å². The van der Waals surface area contributed by atoms with E-state index in [0.29, 0.717) is 32.0 Å². The van der Waals surface area contributed by atoms with E-state index in [9.17, 15) is 9.59 Å². The van der Waals surface area contributed by atoms with Gasteiger partial charge in [-0.2, -0.15) is 0 Å². The number of hydrogen-bond donors (Lipinski definition) is 2. The van der Waals surface area contributed by atoms with Crippen molar-refractivity contribution in [2.24, 2.45) is 10.2 Å². The third-order valence-electron chi connectivity index (χ3n) is 6.82. The second kappa shape index (κ2) is 10.2. The van der Waals surface area contributed by atoms with Gasteiger partial charge in [0.15, 0.2) is 5.71 Å². The third kappa shape index (κ3) is 4.63. The Morgan fingerprint density at radius 2 is 1.59 bits per heavy atom. The SMILES string of the molecule is O=C1Nc2ccc(Cl)cc2C1=NN=C1SC(=Cc2ccccc2-c2cc3ccccc3[nH]2)C(=O)N1c1ccccc1. The predicted molar refractivity (Wildman–Crippen MR) is 167 cm³/mol. The molecule has 2 aliphatic heterocycles. The van der Waals surface area contributed by atoms with Crippen LogP contribution in [0.4, 0.5) is 11.4 Å². The zero-order valence-corrected chi connectivity index (χ0v) is 22.9. The molecule has 0 atom stereocenters. The molecule has 5 aromatic rings. The molecule has 0 unspecified atom stereocenters. The van der Waals surface area contributed by atoms with Crippen molar-refractivity contribution in [2.45, 2.75) is 0 Å². The zero-order chi connectivity index (χ0) is 27.9. The van der Waals surface area contributed by atoms with Gasteiger partial charge in [-0.25, -0.2) is 0 Å². The Bertz CT molecular complexity index is 1930. The minimum atomic E-state index is -0.379. The summed E-state index contributed by atoms with van der Waals surface area (Å²) in [7, 11) is 0. The van der Waals surface area contributed by atoms with Gasteiger partial charge in [0.2, 0.25) is 5.17 Å². The van der Waals surface area contributed by atoms with Crippen LogP contribution in [0.3, 0.4) is 0 Å². The number of nitrogens with zero attached hydrogens (tertiary/aromatic N) is 3. The number of benzene rings is 4. The Morgan fingerprint density at radius 3 is 2.44 bits per heavy atom. The highest BCUT2D eigenvalue weighted by atomic mass is 35.5. The van der Waals surface area contributed by atoms with Gasteiger partial charge in [0.1, 0.15) is 0 Å². The van der Waals surface area contributed by atoms with Crippen molar-refractivity contribution in [1.29, 1.82) is 0 Å². The molecule has 3 heterocycles.